The van der Waals surface area contributed by atoms with Crippen molar-refractivity contribution in [3.8, 4) is 0 Å². The quantitative estimate of drug-likeness (QED) is 0.822. The van der Waals surface area contributed by atoms with E-state index < -0.39 is 0 Å². The lowest BCUT2D eigenvalue weighted by Crippen LogP contribution is -2.10. The Kier molecular flexibility index (Phi) is 4.07. The SMILES string of the molecule is CCCn1nncc1NCCc1ccncc1. The van der Waals surface area contributed by atoms with Crippen LogP contribution in [0.2, 0.25) is 0 Å². The average Bonchev–Trinajstić information content (AvgIpc) is 2.79. The summed E-state index contributed by atoms with van der Waals surface area (Å²) in [6, 6.07) is 4.06. The first-order chi connectivity index (χ1) is 8.40. The summed E-state index contributed by atoms with van der Waals surface area (Å²) in [5.41, 5.74) is 1.28. The molecule has 0 radical (unpaired) electrons. The number of anilines is 1. The van der Waals surface area contributed by atoms with Crippen LogP contribution in [0.15, 0.2) is 30.7 Å². The van der Waals surface area contributed by atoms with E-state index in [4.69, 9.17) is 0 Å². The number of nitrogens with one attached hydrogen (secondary N) is 1. The summed E-state index contributed by atoms with van der Waals surface area (Å²) in [6.45, 7) is 3.90. The Balaban J connectivity index is 1.84. The highest BCUT2D eigenvalue weighted by Crippen LogP contribution is 2.05. The minimum absolute atomic E-state index is 0.876. The Morgan fingerprint density at radius 3 is 2.88 bits per heavy atom. The molecule has 2 heterocycles. The largest absolute Gasteiger partial charge is 0.369 e. The van der Waals surface area contributed by atoms with Crippen LogP contribution >= 0.6 is 0 Å². The maximum Gasteiger partial charge on any atom is 0.144 e. The molecule has 0 aliphatic heterocycles. The molecule has 0 saturated carbocycles. The Morgan fingerprint density at radius 1 is 1.29 bits per heavy atom. The molecule has 17 heavy (non-hydrogen) atoms. The average molecular weight is 231 g/mol. The predicted molar refractivity (Wildman–Crippen MR) is 66.7 cm³/mol. The first kappa shape index (κ1) is 11.6. The van der Waals surface area contributed by atoms with Gasteiger partial charge in [-0.1, -0.05) is 12.1 Å². The normalized spacial score (nSPS) is 10.4. The van der Waals surface area contributed by atoms with Crippen LogP contribution in [0.25, 0.3) is 0 Å². The van der Waals surface area contributed by atoms with Crippen molar-refractivity contribution >= 4 is 5.82 Å². The monoisotopic (exact) mass is 231 g/mol. The molecule has 0 unspecified atom stereocenters. The zero-order valence-electron chi connectivity index (χ0n) is 10.0. The van der Waals surface area contributed by atoms with Gasteiger partial charge in [0.25, 0.3) is 0 Å². The molecule has 0 fully saturated rings. The summed E-state index contributed by atoms with van der Waals surface area (Å²) < 4.78 is 1.90. The van der Waals surface area contributed by atoms with Gasteiger partial charge in [-0.15, -0.1) is 5.10 Å². The highest BCUT2D eigenvalue weighted by Gasteiger charge is 2.01. The third-order valence-corrected chi connectivity index (χ3v) is 2.52. The van der Waals surface area contributed by atoms with Crippen LogP contribution in [0.4, 0.5) is 5.82 Å². The van der Waals surface area contributed by atoms with Gasteiger partial charge < -0.3 is 5.32 Å². The summed E-state index contributed by atoms with van der Waals surface area (Å²) in [5.74, 6) is 0.987. The van der Waals surface area contributed by atoms with Crippen molar-refractivity contribution in [1.82, 2.24) is 20.0 Å². The van der Waals surface area contributed by atoms with Crippen molar-refractivity contribution in [2.75, 3.05) is 11.9 Å². The molecule has 0 saturated heterocycles. The first-order valence-corrected chi connectivity index (χ1v) is 5.91. The van der Waals surface area contributed by atoms with E-state index in [-0.39, 0.29) is 0 Å². The van der Waals surface area contributed by atoms with Crippen LogP contribution in [0.5, 0.6) is 0 Å². The van der Waals surface area contributed by atoms with Crippen molar-refractivity contribution in [3.63, 3.8) is 0 Å². The second-order valence-corrected chi connectivity index (χ2v) is 3.87. The molecule has 0 aromatic carbocycles. The van der Waals surface area contributed by atoms with Gasteiger partial charge in [-0.25, -0.2) is 4.68 Å². The standard InChI is InChI=1S/C12H17N5/c1-2-9-17-12(10-15-16-17)14-8-5-11-3-6-13-7-4-11/h3-4,6-7,10,14H,2,5,8-9H2,1H3. The molecular formula is C12H17N5. The molecular weight excluding hydrogens is 214 g/mol. The number of hydrogen-bond acceptors (Lipinski definition) is 4. The molecule has 0 atom stereocenters. The fraction of sp³-hybridized carbons (Fsp3) is 0.417. The summed E-state index contributed by atoms with van der Waals surface area (Å²) in [5, 5.41) is 11.3. The Hall–Kier alpha value is -1.91. The third kappa shape index (κ3) is 3.27. The summed E-state index contributed by atoms with van der Waals surface area (Å²) in [7, 11) is 0. The Labute approximate surface area is 101 Å². The Morgan fingerprint density at radius 2 is 2.12 bits per heavy atom. The highest BCUT2D eigenvalue weighted by molar-refractivity contribution is 5.31. The van der Waals surface area contributed by atoms with Crippen molar-refractivity contribution in [2.45, 2.75) is 26.3 Å². The lowest BCUT2D eigenvalue weighted by Gasteiger charge is -2.07. The van der Waals surface area contributed by atoms with Crippen LogP contribution < -0.4 is 5.32 Å². The topological polar surface area (TPSA) is 55.6 Å². The van der Waals surface area contributed by atoms with Gasteiger partial charge in [0.05, 0.1) is 6.20 Å². The lowest BCUT2D eigenvalue weighted by atomic mass is 10.2. The molecule has 2 aromatic rings. The van der Waals surface area contributed by atoms with E-state index in [1.807, 2.05) is 29.2 Å². The van der Waals surface area contributed by atoms with Crippen molar-refractivity contribution in [1.29, 1.82) is 0 Å². The van der Waals surface area contributed by atoms with Crippen molar-refractivity contribution < 1.29 is 0 Å². The fourth-order valence-electron chi connectivity index (χ4n) is 1.66. The van der Waals surface area contributed by atoms with Crippen LogP contribution in [0, 0.1) is 0 Å². The van der Waals surface area contributed by atoms with Gasteiger partial charge in [-0.05, 0) is 30.5 Å². The summed E-state index contributed by atoms with van der Waals surface area (Å²) in [4.78, 5) is 4.00. The van der Waals surface area contributed by atoms with Gasteiger partial charge in [-0.3, -0.25) is 4.98 Å². The van der Waals surface area contributed by atoms with Crippen molar-refractivity contribution in [2.24, 2.45) is 0 Å². The van der Waals surface area contributed by atoms with E-state index >= 15 is 0 Å². The van der Waals surface area contributed by atoms with Gasteiger partial charge in [0.15, 0.2) is 0 Å². The van der Waals surface area contributed by atoms with Crippen LogP contribution in [-0.4, -0.2) is 26.5 Å². The van der Waals surface area contributed by atoms with Gasteiger partial charge >= 0.3 is 0 Å². The van der Waals surface area contributed by atoms with E-state index in [9.17, 15) is 0 Å². The number of rotatable bonds is 6. The highest BCUT2D eigenvalue weighted by atomic mass is 15.4. The smallest absolute Gasteiger partial charge is 0.144 e. The van der Waals surface area contributed by atoms with Crippen LogP contribution in [-0.2, 0) is 13.0 Å². The van der Waals surface area contributed by atoms with E-state index in [0.717, 1.165) is 31.7 Å². The van der Waals surface area contributed by atoms with E-state index in [0.29, 0.717) is 0 Å². The van der Waals surface area contributed by atoms with E-state index in [2.05, 4.69) is 27.5 Å². The molecule has 5 heteroatoms. The first-order valence-electron chi connectivity index (χ1n) is 5.91. The predicted octanol–water partition coefficient (Wildman–Crippen LogP) is 1.74. The van der Waals surface area contributed by atoms with Crippen molar-refractivity contribution in [3.05, 3.63) is 36.3 Å². The lowest BCUT2D eigenvalue weighted by molar-refractivity contribution is 0.583. The summed E-state index contributed by atoms with van der Waals surface area (Å²) in [6.07, 6.45) is 7.43. The number of nitrogens with zero attached hydrogens (tertiary/aromatic N) is 4. The van der Waals surface area contributed by atoms with Gasteiger partial charge in [0, 0.05) is 25.5 Å². The maximum atomic E-state index is 4.03. The zero-order valence-corrected chi connectivity index (χ0v) is 10.0. The van der Waals surface area contributed by atoms with Gasteiger partial charge in [0.1, 0.15) is 5.82 Å². The number of aryl methyl sites for hydroxylation is 1. The van der Waals surface area contributed by atoms with E-state index in [1.165, 1.54) is 5.56 Å². The molecule has 0 spiro atoms. The second kappa shape index (κ2) is 5.98. The molecule has 0 bridgehead atoms. The number of pyridine rings is 1. The zero-order chi connectivity index (χ0) is 11.9. The summed E-state index contributed by atoms with van der Waals surface area (Å²) >= 11 is 0. The number of hydrogen-bond donors (Lipinski definition) is 1. The minimum atomic E-state index is 0.876. The fourth-order valence-corrected chi connectivity index (χ4v) is 1.66. The molecule has 1 N–H and O–H groups in total. The molecule has 90 valence electrons. The number of aromatic nitrogens is 4. The molecule has 2 aromatic heterocycles. The van der Waals surface area contributed by atoms with Crippen LogP contribution in [0.1, 0.15) is 18.9 Å². The Bertz CT molecular complexity index is 437. The van der Waals surface area contributed by atoms with Gasteiger partial charge in [-0.2, -0.15) is 0 Å². The molecule has 5 nitrogen and oxygen atoms in total. The van der Waals surface area contributed by atoms with E-state index in [1.54, 1.807) is 6.20 Å². The third-order valence-electron chi connectivity index (χ3n) is 2.52. The minimum Gasteiger partial charge on any atom is -0.369 e. The maximum absolute atomic E-state index is 4.03. The van der Waals surface area contributed by atoms with Crippen LogP contribution in [0.3, 0.4) is 0 Å². The second-order valence-electron chi connectivity index (χ2n) is 3.87. The molecule has 0 aliphatic rings. The molecule has 2 rings (SSSR count). The molecule has 0 amide bonds. The van der Waals surface area contributed by atoms with Gasteiger partial charge in [0.2, 0.25) is 0 Å². The molecule has 0 aliphatic carbocycles.